The van der Waals surface area contributed by atoms with E-state index in [9.17, 15) is 8.78 Å². The zero-order valence-electron chi connectivity index (χ0n) is 11.0. The number of thiazole rings is 1. The van der Waals surface area contributed by atoms with E-state index >= 15 is 0 Å². The fourth-order valence-electron chi connectivity index (χ4n) is 2.13. The molecule has 2 aromatic rings. The number of aryl methyl sites for hydroxylation is 1. The fraction of sp³-hybridized carbons (Fsp3) is 0.357. The van der Waals surface area contributed by atoms with E-state index in [1.54, 1.807) is 5.38 Å². The van der Waals surface area contributed by atoms with Crippen molar-refractivity contribution in [3.05, 3.63) is 39.7 Å². The third-order valence-corrected chi connectivity index (χ3v) is 4.19. The molecule has 1 aliphatic heterocycles. The van der Waals surface area contributed by atoms with Crippen LogP contribution in [0.15, 0.2) is 17.5 Å². The van der Waals surface area contributed by atoms with Gasteiger partial charge >= 0.3 is 0 Å². The Kier molecular flexibility index (Phi) is 3.78. The van der Waals surface area contributed by atoms with Crippen LogP contribution >= 0.6 is 11.3 Å². The SMILES string of the molecule is Cc1cc(F)c(-c2csc(C3CNCCO3)n2)cc1F. The Bertz CT molecular complexity index is 624. The number of rotatable bonds is 2. The maximum Gasteiger partial charge on any atom is 0.133 e. The van der Waals surface area contributed by atoms with Crippen LogP contribution in [0.1, 0.15) is 16.7 Å². The van der Waals surface area contributed by atoms with Gasteiger partial charge in [-0.25, -0.2) is 13.8 Å². The van der Waals surface area contributed by atoms with Crippen molar-refractivity contribution in [2.24, 2.45) is 0 Å². The molecule has 0 amide bonds. The first-order valence-electron chi connectivity index (χ1n) is 6.39. The molecule has 3 nitrogen and oxygen atoms in total. The molecule has 0 bridgehead atoms. The van der Waals surface area contributed by atoms with Gasteiger partial charge in [0.25, 0.3) is 0 Å². The van der Waals surface area contributed by atoms with E-state index in [1.807, 2.05) is 0 Å². The normalized spacial score (nSPS) is 19.2. The molecule has 1 atom stereocenters. The van der Waals surface area contributed by atoms with Crippen molar-refractivity contribution >= 4 is 11.3 Å². The number of aromatic nitrogens is 1. The van der Waals surface area contributed by atoms with Gasteiger partial charge in [-0.2, -0.15) is 0 Å². The second-order valence-corrected chi connectivity index (χ2v) is 5.61. The molecule has 106 valence electrons. The molecule has 1 aliphatic rings. The zero-order valence-corrected chi connectivity index (χ0v) is 11.8. The maximum absolute atomic E-state index is 13.9. The summed E-state index contributed by atoms with van der Waals surface area (Å²) in [5, 5.41) is 5.74. The first-order valence-corrected chi connectivity index (χ1v) is 7.27. The van der Waals surface area contributed by atoms with Gasteiger partial charge < -0.3 is 10.1 Å². The minimum atomic E-state index is -0.455. The molecule has 1 saturated heterocycles. The number of hydrogen-bond donors (Lipinski definition) is 1. The van der Waals surface area contributed by atoms with Crippen molar-refractivity contribution in [1.29, 1.82) is 0 Å². The Morgan fingerprint density at radius 3 is 2.95 bits per heavy atom. The topological polar surface area (TPSA) is 34.1 Å². The second-order valence-electron chi connectivity index (χ2n) is 4.72. The third-order valence-electron chi connectivity index (χ3n) is 3.25. The van der Waals surface area contributed by atoms with Crippen LogP contribution in [0, 0.1) is 18.6 Å². The van der Waals surface area contributed by atoms with Gasteiger partial charge in [0, 0.05) is 24.0 Å². The number of nitrogens with zero attached hydrogens (tertiary/aromatic N) is 1. The Balaban J connectivity index is 1.91. The molecule has 1 fully saturated rings. The highest BCUT2D eigenvalue weighted by molar-refractivity contribution is 7.10. The number of nitrogens with one attached hydrogen (secondary N) is 1. The van der Waals surface area contributed by atoms with Gasteiger partial charge in [-0.1, -0.05) is 0 Å². The molecular formula is C14H14F2N2OS. The summed E-state index contributed by atoms with van der Waals surface area (Å²) in [7, 11) is 0. The Labute approximate surface area is 119 Å². The van der Waals surface area contributed by atoms with Crippen LogP contribution in [-0.4, -0.2) is 24.7 Å². The van der Waals surface area contributed by atoms with Crippen molar-refractivity contribution in [3.63, 3.8) is 0 Å². The Morgan fingerprint density at radius 2 is 2.20 bits per heavy atom. The molecule has 2 heterocycles. The van der Waals surface area contributed by atoms with Gasteiger partial charge in [0.05, 0.1) is 12.3 Å². The van der Waals surface area contributed by atoms with Crippen LogP contribution in [0.4, 0.5) is 8.78 Å². The van der Waals surface area contributed by atoms with E-state index in [1.165, 1.54) is 30.4 Å². The van der Waals surface area contributed by atoms with Crippen LogP contribution in [0.2, 0.25) is 0 Å². The molecule has 1 aromatic carbocycles. The highest BCUT2D eigenvalue weighted by Crippen LogP contribution is 2.30. The van der Waals surface area contributed by atoms with Crippen LogP contribution in [0.5, 0.6) is 0 Å². The summed E-state index contributed by atoms with van der Waals surface area (Å²) in [5.74, 6) is -0.880. The molecule has 1 unspecified atom stereocenters. The van der Waals surface area contributed by atoms with E-state index in [0.29, 0.717) is 24.4 Å². The van der Waals surface area contributed by atoms with Gasteiger partial charge in [0.2, 0.25) is 0 Å². The summed E-state index contributed by atoms with van der Waals surface area (Å²) >= 11 is 1.40. The highest BCUT2D eigenvalue weighted by Gasteiger charge is 2.20. The summed E-state index contributed by atoms with van der Waals surface area (Å²) in [6.45, 7) is 3.69. The average Bonchev–Trinajstić information content (AvgIpc) is 2.93. The van der Waals surface area contributed by atoms with Crippen LogP contribution in [-0.2, 0) is 4.74 Å². The number of hydrogen-bond acceptors (Lipinski definition) is 4. The standard InChI is InChI=1S/C14H14F2N2OS/c1-8-4-11(16)9(5-10(8)15)12-7-20-14(18-12)13-6-17-2-3-19-13/h4-5,7,13,17H,2-3,6H2,1H3. The summed E-state index contributed by atoms with van der Waals surface area (Å²) in [6, 6.07) is 2.39. The van der Waals surface area contributed by atoms with Crippen molar-refractivity contribution in [1.82, 2.24) is 10.3 Å². The lowest BCUT2D eigenvalue weighted by Gasteiger charge is -2.21. The lowest BCUT2D eigenvalue weighted by Crippen LogP contribution is -2.33. The maximum atomic E-state index is 13.9. The quantitative estimate of drug-likeness (QED) is 0.925. The van der Waals surface area contributed by atoms with E-state index in [0.717, 1.165) is 11.6 Å². The smallest absolute Gasteiger partial charge is 0.133 e. The summed E-state index contributed by atoms with van der Waals surface area (Å²) in [4.78, 5) is 4.38. The molecule has 3 rings (SSSR count). The minimum Gasteiger partial charge on any atom is -0.368 e. The first-order chi connectivity index (χ1) is 9.65. The molecule has 0 spiro atoms. The molecule has 1 aromatic heterocycles. The summed E-state index contributed by atoms with van der Waals surface area (Å²) in [6.07, 6.45) is -0.110. The fourth-order valence-corrected chi connectivity index (χ4v) is 2.99. The van der Waals surface area contributed by atoms with Gasteiger partial charge in [0.1, 0.15) is 22.7 Å². The number of morpholine rings is 1. The Morgan fingerprint density at radius 1 is 1.35 bits per heavy atom. The van der Waals surface area contributed by atoms with Crippen LogP contribution in [0.3, 0.4) is 0 Å². The Hall–Kier alpha value is -1.37. The van der Waals surface area contributed by atoms with Gasteiger partial charge in [-0.3, -0.25) is 0 Å². The average molecular weight is 296 g/mol. The first kappa shape index (κ1) is 13.6. The van der Waals surface area contributed by atoms with E-state index in [4.69, 9.17) is 4.74 Å². The highest BCUT2D eigenvalue weighted by atomic mass is 32.1. The lowest BCUT2D eigenvalue weighted by molar-refractivity contribution is 0.0276. The van der Waals surface area contributed by atoms with Gasteiger partial charge in [-0.05, 0) is 24.6 Å². The number of ether oxygens (including phenoxy) is 1. The molecule has 20 heavy (non-hydrogen) atoms. The zero-order chi connectivity index (χ0) is 14.1. The van der Waals surface area contributed by atoms with Crippen molar-refractivity contribution in [3.8, 4) is 11.3 Å². The molecule has 0 radical (unpaired) electrons. The predicted octanol–water partition coefficient (Wildman–Crippen LogP) is 3.06. The molecule has 0 aliphatic carbocycles. The van der Waals surface area contributed by atoms with E-state index in [-0.39, 0.29) is 11.7 Å². The monoisotopic (exact) mass is 296 g/mol. The van der Waals surface area contributed by atoms with Gasteiger partial charge in [0.15, 0.2) is 0 Å². The molecular weight excluding hydrogens is 282 g/mol. The summed E-state index contributed by atoms with van der Waals surface area (Å²) < 4.78 is 33.1. The number of benzene rings is 1. The molecule has 1 N–H and O–H groups in total. The van der Waals surface area contributed by atoms with E-state index in [2.05, 4.69) is 10.3 Å². The third kappa shape index (κ3) is 2.59. The molecule has 6 heteroatoms. The van der Waals surface area contributed by atoms with E-state index < -0.39 is 11.6 Å². The predicted molar refractivity (Wildman–Crippen MR) is 73.8 cm³/mol. The number of halogens is 2. The minimum absolute atomic E-state index is 0.110. The largest absolute Gasteiger partial charge is 0.368 e. The lowest BCUT2D eigenvalue weighted by atomic mass is 10.1. The second kappa shape index (κ2) is 5.55. The summed E-state index contributed by atoms with van der Waals surface area (Å²) in [5.41, 5.74) is 0.941. The van der Waals surface area contributed by atoms with Crippen LogP contribution < -0.4 is 5.32 Å². The van der Waals surface area contributed by atoms with Crippen LogP contribution in [0.25, 0.3) is 11.3 Å². The van der Waals surface area contributed by atoms with Crippen molar-refractivity contribution in [2.75, 3.05) is 19.7 Å². The van der Waals surface area contributed by atoms with Crippen molar-refractivity contribution in [2.45, 2.75) is 13.0 Å². The molecule has 0 saturated carbocycles. The van der Waals surface area contributed by atoms with Crippen molar-refractivity contribution < 1.29 is 13.5 Å². The van der Waals surface area contributed by atoms with Gasteiger partial charge in [-0.15, -0.1) is 11.3 Å².